The molecule has 6 nitrogen and oxygen atoms in total. The second kappa shape index (κ2) is 7.91. The number of imidazole rings is 1. The average molecular weight is 354 g/mol. The van der Waals surface area contributed by atoms with Crippen molar-refractivity contribution in [3.8, 4) is 22.9 Å². The highest BCUT2D eigenvalue weighted by atomic mass is 16.5. The Hall–Kier alpha value is -3.02. The molecule has 1 heterocycles. The summed E-state index contributed by atoms with van der Waals surface area (Å²) in [6.45, 7) is 2.78. The van der Waals surface area contributed by atoms with E-state index in [-0.39, 0.29) is 5.97 Å². The molecule has 0 aliphatic rings. The molecule has 1 N–H and O–H groups in total. The highest BCUT2D eigenvalue weighted by Gasteiger charge is 2.12. The van der Waals surface area contributed by atoms with Crippen molar-refractivity contribution in [1.82, 2.24) is 9.97 Å². The molecule has 0 saturated heterocycles. The summed E-state index contributed by atoms with van der Waals surface area (Å²) < 4.78 is 16.0. The molecule has 0 radical (unpaired) electrons. The lowest BCUT2D eigenvalue weighted by Crippen LogP contribution is -2.00. The zero-order valence-electron chi connectivity index (χ0n) is 15.2. The Morgan fingerprint density at radius 2 is 1.96 bits per heavy atom. The molecule has 26 heavy (non-hydrogen) atoms. The van der Waals surface area contributed by atoms with E-state index in [2.05, 4.69) is 16.9 Å². The van der Waals surface area contributed by atoms with Gasteiger partial charge in [0.2, 0.25) is 0 Å². The maximum atomic E-state index is 11.7. The van der Waals surface area contributed by atoms with Crippen LogP contribution in [0.25, 0.3) is 22.4 Å². The van der Waals surface area contributed by atoms with E-state index in [0.717, 1.165) is 29.4 Å². The fourth-order valence-corrected chi connectivity index (χ4v) is 2.65. The van der Waals surface area contributed by atoms with E-state index >= 15 is 0 Å². The van der Waals surface area contributed by atoms with E-state index in [1.165, 1.54) is 7.11 Å². The number of aromatic amines is 1. The van der Waals surface area contributed by atoms with Gasteiger partial charge in [-0.1, -0.05) is 13.3 Å². The standard InChI is InChI=1S/C20H22N2O4/c1-4-5-10-26-17-9-7-13(12-18(17)24-2)19-21-15-8-6-14(20(23)25-3)11-16(15)22-19/h6-9,11-12H,4-5,10H2,1-3H3,(H,21,22). The van der Waals surface area contributed by atoms with Crippen LogP contribution in [-0.4, -0.2) is 36.8 Å². The van der Waals surface area contributed by atoms with Gasteiger partial charge in [0.05, 0.1) is 37.4 Å². The van der Waals surface area contributed by atoms with Crippen LogP contribution in [0.4, 0.5) is 0 Å². The molecule has 6 heteroatoms. The molecule has 1 aromatic heterocycles. The fourth-order valence-electron chi connectivity index (χ4n) is 2.65. The number of esters is 1. The van der Waals surface area contributed by atoms with Gasteiger partial charge >= 0.3 is 5.97 Å². The molecule has 0 fully saturated rings. The summed E-state index contributed by atoms with van der Waals surface area (Å²) in [6.07, 6.45) is 2.07. The van der Waals surface area contributed by atoms with Crippen LogP contribution in [0.15, 0.2) is 36.4 Å². The molecule has 2 aromatic carbocycles. The van der Waals surface area contributed by atoms with E-state index in [1.54, 1.807) is 25.3 Å². The number of fused-ring (bicyclic) bond motifs is 1. The second-order valence-corrected chi connectivity index (χ2v) is 5.88. The number of unbranched alkanes of at least 4 members (excludes halogenated alkanes) is 1. The Kier molecular flexibility index (Phi) is 5.41. The predicted molar refractivity (Wildman–Crippen MR) is 99.8 cm³/mol. The van der Waals surface area contributed by atoms with Gasteiger partial charge in [-0.15, -0.1) is 0 Å². The molecule has 0 saturated carbocycles. The Morgan fingerprint density at radius 1 is 1.12 bits per heavy atom. The van der Waals surface area contributed by atoms with Crippen molar-refractivity contribution in [3.63, 3.8) is 0 Å². The number of nitrogens with one attached hydrogen (secondary N) is 1. The Balaban J connectivity index is 1.91. The highest BCUT2D eigenvalue weighted by molar-refractivity contribution is 5.94. The van der Waals surface area contributed by atoms with Crippen molar-refractivity contribution in [2.45, 2.75) is 19.8 Å². The van der Waals surface area contributed by atoms with E-state index in [4.69, 9.17) is 14.2 Å². The Morgan fingerprint density at radius 3 is 2.69 bits per heavy atom. The topological polar surface area (TPSA) is 73.4 Å². The number of aromatic nitrogens is 2. The number of ether oxygens (including phenoxy) is 3. The third kappa shape index (κ3) is 3.64. The molecule has 0 aliphatic heterocycles. The number of methoxy groups -OCH3 is 2. The van der Waals surface area contributed by atoms with Crippen molar-refractivity contribution in [2.75, 3.05) is 20.8 Å². The molecule has 136 valence electrons. The van der Waals surface area contributed by atoms with Crippen LogP contribution < -0.4 is 9.47 Å². The number of nitrogens with zero attached hydrogens (tertiary/aromatic N) is 1. The van der Waals surface area contributed by atoms with Gasteiger partial charge in [0.1, 0.15) is 5.82 Å². The van der Waals surface area contributed by atoms with Crippen molar-refractivity contribution in [1.29, 1.82) is 0 Å². The maximum Gasteiger partial charge on any atom is 0.337 e. The number of H-pyrrole nitrogens is 1. The van der Waals surface area contributed by atoms with Gasteiger partial charge in [0.25, 0.3) is 0 Å². The van der Waals surface area contributed by atoms with E-state index in [0.29, 0.717) is 29.5 Å². The molecule has 0 aliphatic carbocycles. The summed E-state index contributed by atoms with van der Waals surface area (Å²) in [5, 5.41) is 0. The average Bonchev–Trinajstić information content (AvgIpc) is 3.11. The molecule has 0 amide bonds. The molecular weight excluding hydrogens is 332 g/mol. The van der Waals surface area contributed by atoms with Crippen molar-refractivity contribution < 1.29 is 19.0 Å². The number of hydrogen-bond acceptors (Lipinski definition) is 5. The Bertz CT molecular complexity index is 917. The van der Waals surface area contributed by atoms with E-state index in [9.17, 15) is 4.79 Å². The van der Waals surface area contributed by atoms with Gasteiger partial charge in [0, 0.05) is 5.56 Å². The summed E-state index contributed by atoms with van der Waals surface area (Å²) in [6, 6.07) is 10.9. The lowest BCUT2D eigenvalue weighted by molar-refractivity contribution is 0.0601. The van der Waals surface area contributed by atoms with Crippen molar-refractivity contribution in [2.24, 2.45) is 0 Å². The first-order valence-corrected chi connectivity index (χ1v) is 8.55. The van der Waals surface area contributed by atoms with Gasteiger partial charge in [-0.05, 0) is 42.8 Å². The summed E-state index contributed by atoms with van der Waals surface area (Å²) >= 11 is 0. The summed E-state index contributed by atoms with van der Waals surface area (Å²) in [5.74, 6) is 1.70. The fraction of sp³-hybridized carbons (Fsp3) is 0.300. The molecular formula is C20H22N2O4. The van der Waals surface area contributed by atoms with Crippen molar-refractivity contribution in [3.05, 3.63) is 42.0 Å². The minimum absolute atomic E-state index is 0.377. The van der Waals surface area contributed by atoms with Gasteiger partial charge in [-0.25, -0.2) is 9.78 Å². The maximum absolute atomic E-state index is 11.7. The van der Waals surface area contributed by atoms with Gasteiger partial charge < -0.3 is 19.2 Å². The molecule has 0 atom stereocenters. The summed E-state index contributed by atoms with van der Waals surface area (Å²) in [5.41, 5.74) is 2.90. The molecule has 0 unspecified atom stereocenters. The van der Waals surface area contributed by atoms with Crippen LogP contribution in [0, 0.1) is 0 Å². The first-order valence-electron chi connectivity index (χ1n) is 8.55. The lowest BCUT2D eigenvalue weighted by Gasteiger charge is -2.11. The monoisotopic (exact) mass is 354 g/mol. The van der Waals surface area contributed by atoms with E-state index < -0.39 is 0 Å². The first kappa shape index (κ1) is 17.8. The minimum atomic E-state index is -0.377. The largest absolute Gasteiger partial charge is 0.493 e. The predicted octanol–water partition coefficient (Wildman–Crippen LogP) is 4.20. The summed E-state index contributed by atoms with van der Waals surface area (Å²) in [4.78, 5) is 19.5. The van der Waals surface area contributed by atoms with Crippen LogP contribution in [-0.2, 0) is 4.74 Å². The Labute approximate surface area is 152 Å². The smallest absolute Gasteiger partial charge is 0.337 e. The van der Waals surface area contributed by atoms with Gasteiger partial charge in [0.15, 0.2) is 11.5 Å². The normalized spacial score (nSPS) is 10.7. The molecule has 0 bridgehead atoms. The first-order chi connectivity index (χ1) is 12.7. The number of carbonyl (C=O) groups is 1. The third-order valence-electron chi connectivity index (χ3n) is 4.10. The second-order valence-electron chi connectivity index (χ2n) is 5.88. The van der Waals surface area contributed by atoms with Crippen LogP contribution in [0.3, 0.4) is 0 Å². The minimum Gasteiger partial charge on any atom is -0.493 e. The van der Waals surface area contributed by atoms with Gasteiger partial charge in [-0.2, -0.15) is 0 Å². The highest BCUT2D eigenvalue weighted by Crippen LogP contribution is 2.32. The van der Waals surface area contributed by atoms with E-state index in [1.807, 2.05) is 18.2 Å². The summed E-state index contributed by atoms with van der Waals surface area (Å²) in [7, 11) is 2.98. The quantitative estimate of drug-likeness (QED) is 0.508. The number of rotatable bonds is 7. The van der Waals surface area contributed by atoms with Gasteiger partial charge in [-0.3, -0.25) is 0 Å². The zero-order chi connectivity index (χ0) is 18.5. The third-order valence-corrected chi connectivity index (χ3v) is 4.10. The SMILES string of the molecule is CCCCOc1ccc(-c2nc3ccc(C(=O)OC)cc3[nH]2)cc1OC. The number of benzene rings is 2. The van der Waals surface area contributed by atoms with Crippen LogP contribution >= 0.6 is 0 Å². The number of hydrogen-bond donors (Lipinski definition) is 1. The van der Waals surface area contributed by atoms with Crippen LogP contribution in [0.5, 0.6) is 11.5 Å². The zero-order valence-corrected chi connectivity index (χ0v) is 15.2. The lowest BCUT2D eigenvalue weighted by atomic mass is 10.2. The van der Waals surface area contributed by atoms with Crippen LogP contribution in [0.1, 0.15) is 30.1 Å². The number of carbonyl (C=O) groups excluding carboxylic acids is 1. The molecule has 3 rings (SSSR count). The molecule has 3 aromatic rings. The van der Waals surface area contributed by atoms with Crippen molar-refractivity contribution >= 4 is 17.0 Å². The van der Waals surface area contributed by atoms with Crippen LogP contribution in [0.2, 0.25) is 0 Å². The molecule has 0 spiro atoms.